The van der Waals surface area contributed by atoms with E-state index in [1.54, 1.807) is 18.2 Å². The number of carbonyl (C=O) groups excluding carboxylic acids is 2. The lowest BCUT2D eigenvalue weighted by Crippen LogP contribution is -2.43. The molecule has 24 heavy (non-hydrogen) atoms. The zero-order valence-corrected chi connectivity index (χ0v) is 14.9. The third-order valence-electron chi connectivity index (χ3n) is 3.90. The number of rotatable bonds is 6. The first-order valence-corrected chi connectivity index (χ1v) is 8.60. The Labute approximate surface area is 151 Å². The Morgan fingerprint density at radius 3 is 2.54 bits per heavy atom. The minimum atomic E-state index is -0.532. The molecule has 1 fully saturated rings. The maximum atomic E-state index is 12.5. The van der Waals surface area contributed by atoms with E-state index in [0.29, 0.717) is 35.2 Å². The van der Waals surface area contributed by atoms with Gasteiger partial charge in [0.2, 0.25) is 5.91 Å². The largest absolute Gasteiger partial charge is 0.364 e. The standard InChI is InChI=1S/C16H21Cl2N3O3/c1-2-21(16(23)13-7-6-10(8-19)24-13)9-14(22)20-15-11(17)4-3-5-12(15)18/h3-5,10,13H,2,6-9,19H2,1H3,(H,20,22)/t10-,13+/m1/s1. The number of carbonyl (C=O) groups is 2. The number of anilines is 1. The van der Waals surface area contributed by atoms with Crippen molar-refractivity contribution in [2.45, 2.75) is 32.0 Å². The number of likely N-dealkylation sites (N-methyl/N-ethyl adjacent to an activating group) is 1. The number of halogens is 2. The van der Waals surface area contributed by atoms with Crippen molar-refractivity contribution in [2.24, 2.45) is 5.73 Å². The van der Waals surface area contributed by atoms with Crippen molar-refractivity contribution in [1.82, 2.24) is 4.90 Å². The number of hydrogen-bond acceptors (Lipinski definition) is 4. The molecule has 6 nitrogen and oxygen atoms in total. The molecule has 2 atom stereocenters. The summed E-state index contributed by atoms with van der Waals surface area (Å²) in [6, 6.07) is 4.95. The van der Waals surface area contributed by atoms with Gasteiger partial charge in [0, 0.05) is 13.1 Å². The highest BCUT2D eigenvalue weighted by atomic mass is 35.5. The van der Waals surface area contributed by atoms with Gasteiger partial charge in [0.25, 0.3) is 5.91 Å². The zero-order chi connectivity index (χ0) is 17.7. The Morgan fingerprint density at radius 2 is 2.00 bits per heavy atom. The first-order valence-electron chi connectivity index (χ1n) is 7.84. The molecule has 0 bridgehead atoms. The summed E-state index contributed by atoms with van der Waals surface area (Å²) in [6.07, 6.45) is 0.754. The van der Waals surface area contributed by atoms with Crippen molar-refractivity contribution in [1.29, 1.82) is 0 Å². The van der Waals surface area contributed by atoms with Gasteiger partial charge >= 0.3 is 0 Å². The molecular weight excluding hydrogens is 353 g/mol. The second-order valence-corrected chi connectivity index (χ2v) is 6.37. The maximum absolute atomic E-state index is 12.5. The van der Waals surface area contributed by atoms with Crippen LogP contribution in [-0.2, 0) is 14.3 Å². The molecular formula is C16H21Cl2N3O3. The normalized spacial score (nSPS) is 20.0. The molecule has 2 rings (SSSR count). The second-order valence-electron chi connectivity index (χ2n) is 5.56. The van der Waals surface area contributed by atoms with Crippen molar-refractivity contribution in [3.63, 3.8) is 0 Å². The van der Waals surface area contributed by atoms with E-state index in [1.165, 1.54) is 4.90 Å². The van der Waals surface area contributed by atoms with E-state index < -0.39 is 6.10 Å². The Kier molecular flexibility index (Phi) is 6.86. The monoisotopic (exact) mass is 373 g/mol. The summed E-state index contributed by atoms with van der Waals surface area (Å²) in [7, 11) is 0. The van der Waals surface area contributed by atoms with Crippen molar-refractivity contribution in [3.05, 3.63) is 28.2 Å². The smallest absolute Gasteiger partial charge is 0.252 e. The minimum Gasteiger partial charge on any atom is -0.364 e. The molecule has 1 aromatic rings. The lowest BCUT2D eigenvalue weighted by Gasteiger charge is -2.24. The van der Waals surface area contributed by atoms with Crippen molar-refractivity contribution < 1.29 is 14.3 Å². The number of nitrogens with zero attached hydrogens (tertiary/aromatic N) is 1. The molecule has 1 aromatic carbocycles. The quantitative estimate of drug-likeness (QED) is 0.800. The highest BCUT2D eigenvalue weighted by Gasteiger charge is 2.33. The predicted molar refractivity (Wildman–Crippen MR) is 94.3 cm³/mol. The Bertz CT molecular complexity index is 592. The molecule has 0 saturated carbocycles. The summed E-state index contributed by atoms with van der Waals surface area (Å²) in [5.74, 6) is -0.567. The van der Waals surface area contributed by atoms with E-state index >= 15 is 0 Å². The van der Waals surface area contributed by atoms with Gasteiger partial charge in [-0.25, -0.2) is 0 Å². The number of ether oxygens (including phenoxy) is 1. The number of para-hydroxylation sites is 1. The minimum absolute atomic E-state index is 0.0894. The van der Waals surface area contributed by atoms with E-state index in [4.69, 9.17) is 33.7 Å². The van der Waals surface area contributed by atoms with Crippen LogP contribution in [0.1, 0.15) is 19.8 Å². The predicted octanol–water partition coefficient (Wildman–Crippen LogP) is 2.29. The summed E-state index contributed by atoms with van der Waals surface area (Å²) < 4.78 is 5.60. The maximum Gasteiger partial charge on any atom is 0.252 e. The van der Waals surface area contributed by atoms with Gasteiger partial charge in [-0.05, 0) is 31.9 Å². The fourth-order valence-electron chi connectivity index (χ4n) is 2.58. The second kappa shape index (κ2) is 8.67. The fraction of sp³-hybridized carbons (Fsp3) is 0.500. The summed E-state index contributed by atoms with van der Waals surface area (Å²) in [6.45, 7) is 2.50. The summed E-state index contributed by atoms with van der Waals surface area (Å²) in [5.41, 5.74) is 5.90. The van der Waals surface area contributed by atoms with Gasteiger partial charge in [-0.1, -0.05) is 29.3 Å². The molecule has 3 N–H and O–H groups in total. The molecule has 0 aliphatic carbocycles. The third-order valence-corrected chi connectivity index (χ3v) is 4.53. The molecule has 2 amide bonds. The van der Waals surface area contributed by atoms with Crippen LogP contribution in [-0.4, -0.2) is 48.6 Å². The first kappa shape index (κ1) is 19.0. The number of benzene rings is 1. The average Bonchev–Trinajstić information content (AvgIpc) is 3.04. The molecule has 0 unspecified atom stereocenters. The lowest BCUT2D eigenvalue weighted by atomic mass is 10.2. The Morgan fingerprint density at radius 1 is 1.33 bits per heavy atom. The molecule has 1 saturated heterocycles. The van der Waals surface area contributed by atoms with Crippen molar-refractivity contribution in [3.8, 4) is 0 Å². The van der Waals surface area contributed by atoms with Gasteiger partial charge in [-0.15, -0.1) is 0 Å². The number of hydrogen-bond donors (Lipinski definition) is 2. The molecule has 0 radical (unpaired) electrons. The van der Waals surface area contributed by atoms with Crippen LogP contribution in [0.15, 0.2) is 18.2 Å². The number of nitrogens with two attached hydrogens (primary N) is 1. The summed E-state index contributed by atoms with van der Waals surface area (Å²) >= 11 is 12.1. The number of amides is 2. The van der Waals surface area contributed by atoms with E-state index in [9.17, 15) is 9.59 Å². The average molecular weight is 374 g/mol. The number of nitrogens with one attached hydrogen (secondary N) is 1. The van der Waals surface area contributed by atoms with Crippen LogP contribution in [0, 0.1) is 0 Å². The van der Waals surface area contributed by atoms with Crippen LogP contribution < -0.4 is 11.1 Å². The van der Waals surface area contributed by atoms with Gasteiger partial charge in [0.1, 0.15) is 6.10 Å². The fourth-order valence-corrected chi connectivity index (χ4v) is 3.07. The molecule has 1 heterocycles. The van der Waals surface area contributed by atoms with Crippen LogP contribution in [0.4, 0.5) is 5.69 Å². The van der Waals surface area contributed by atoms with Gasteiger partial charge in [0.05, 0.1) is 28.4 Å². The third kappa shape index (κ3) is 4.60. The highest BCUT2D eigenvalue weighted by molar-refractivity contribution is 6.39. The van der Waals surface area contributed by atoms with Crippen LogP contribution in [0.5, 0.6) is 0 Å². The van der Waals surface area contributed by atoms with Crippen LogP contribution in [0.2, 0.25) is 10.0 Å². The highest BCUT2D eigenvalue weighted by Crippen LogP contribution is 2.29. The molecule has 1 aliphatic rings. The van der Waals surface area contributed by atoms with Crippen LogP contribution in [0.25, 0.3) is 0 Å². The van der Waals surface area contributed by atoms with Crippen molar-refractivity contribution in [2.75, 3.05) is 25.0 Å². The van der Waals surface area contributed by atoms with Crippen molar-refractivity contribution >= 4 is 40.7 Å². The molecule has 1 aliphatic heterocycles. The topological polar surface area (TPSA) is 84.7 Å². The SMILES string of the molecule is CCN(CC(=O)Nc1c(Cl)cccc1Cl)C(=O)[C@@H]1CC[C@H](CN)O1. The summed E-state index contributed by atoms with van der Waals surface area (Å²) in [4.78, 5) is 26.2. The van der Waals surface area contributed by atoms with Gasteiger partial charge in [-0.3, -0.25) is 9.59 Å². The molecule has 0 aromatic heterocycles. The summed E-state index contributed by atoms with van der Waals surface area (Å²) in [5, 5.41) is 3.34. The first-order chi connectivity index (χ1) is 11.5. The van der Waals surface area contributed by atoms with Gasteiger partial charge in [0.15, 0.2) is 0 Å². The Hall–Kier alpha value is -1.34. The lowest BCUT2D eigenvalue weighted by molar-refractivity contribution is -0.144. The zero-order valence-electron chi connectivity index (χ0n) is 13.4. The molecule has 132 valence electrons. The van der Waals surface area contributed by atoms with E-state index in [0.717, 1.165) is 6.42 Å². The molecule has 8 heteroatoms. The Balaban J connectivity index is 1.97. The van der Waals surface area contributed by atoms with Gasteiger partial charge in [-0.2, -0.15) is 0 Å². The van der Waals surface area contributed by atoms with Crippen LogP contribution >= 0.6 is 23.2 Å². The van der Waals surface area contributed by atoms with E-state index in [-0.39, 0.29) is 24.5 Å². The molecule has 0 spiro atoms. The van der Waals surface area contributed by atoms with E-state index in [2.05, 4.69) is 5.32 Å². The van der Waals surface area contributed by atoms with Gasteiger partial charge < -0.3 is 20.7 Å². The van der Waals surface area contributed by atoms with E-state index in [1.807, 2.05) is 6.92 Å². The van der Waals surface area contributed by atoms with Crippen LogP contribution in [0.3, 0.4) is 0 Å².